The van der Waals surface area contributed by atoms with Crippen molar-refractivity contribution in [3.05, 3.63) is 48.0 Å². The first-order valence-electron chi connectivity index (χ1n) is 10.5. The van der Waals surface area contributed by atoms with Crippen molar-refractivity contribution in [2.24, 2.45) is 0 Å². The van der Waals surface area contributed by atoms with E-state index in [0.29, 0.717) is 36.0 Å². The monoisotopic (exact) mass is 459 g/mol. The van der Waals surface area contributed by atoms with Crippen LogP contribution in [0, 0.1) is 0 Å². The second kappa shape index (κ2) is 9.47. The van der Waals surface area contributed by atoms with Crippen molar-refractivity contribution in [2.75, 3.05) is 37.6 Å². The molecule has 2 aromatic carbocycles. The highest BCUT2D eigenvalue weighted by Gasteiger charge is 2.20. The van der Waals surface area contributed by atoms with Crippen molar-refractivity contribution in [2.45, 2.75) is 24.2 Å². The highest BCUT2D eigenvalue weighted by Crippen LogP contribution is 2.32. The number of likely N-dealkylation sites (tertiary alicyclic amines) is 1. The molecule has 0 radical (unpaired) electrons. The van der Waals surface area contributed by atoms with Crippen molar-refractivity contribution < 1.29 is 27.5 Å². The molecule has 2 heterocycles. The van der Waals surface area contributed by atoms with Crippen molar-refractivity contribution in [3.63, 3.8) is 0 Å². The average Bonchev–Trinajstić information content (AvgIpc) is 3.34. The summed E-state index contributed by atoms with van der Waals surface area (Å²) in [7, 11) is -3.84. The molecule has 0 spiro atoms. The lowest BCUT2D eigenvalue weighted by molar-refractivity contribution is -0.129. The van der Waals surface area contributed by atoms with E-state index in [-0.39, 0.29) is 29.7 Å². The van der Waals surface area contributed by atoms with Gasteiger partial charge in [0.1, 0.15) is 13.2 Å². The fourth-order valence-corrected chi connectivity index (χ4v) is 4.68. The molecule has 2 aromatic rings. The molecule has 2 N–H and O–H groups in total. The number of hydrogen-bond donors (Lipinski definition) is 2. The highest BCUT2D eigenvalue weighted by molar-refractivity contribution is 7.92. The van der Waals surface area contributed by atoms with Gasteiger partial charge in [-0.2, -0.15) is 0 Å². The average molecular weight is 460 g/mol. The number of hydrogen-bond acceptors (Lipinski definition) is 6. The Morgan fingerprint density at radius 2 is 1.62 bits per heavy atom. The van der Waals surface area contributed by atoms with Crippen molar-refractivity contribution >= 4 is 27.5 Å². The second-order valence-electron chi connectivity index (χ2n) is 7.58. The maximum Gasteiger partial charge on any atom is 0.262 e. The first-order valence-corrected chi connectivity index (χ1v) is 12.0. The maximum absolute atomic E-state index is 12.7. The van der Waals surface area contributed by atoms with E-state index in [9.17, 15) is 18.0 Å². The number of rotatable bonds is 7. The molecule has 4 rings (SSSR count). The predicted octanol–water partition coefficient (Wildman–Crippen LogP) is 2.00. The Morgan fingerprint density at radius 1 is 0.938 bits per heavy atom. The Hall–Kier alpha value is -3.27. The molecule has 2 amide bonds. The predicted molar refractivity (Wildman–Crippen MR) is 117 cm³/mol. The maximum atomic E-state index is 12.7. The van der Waals surface area contributed by atoms with E-state index >= 15 is 0 Å². The standard InChI is InChI=1S/C22H25N3O6S/c26-21(25-11-1-2-12-25)9-10-23-22(27)16-3-5-17(6-4-16)24-32(28,29)18-7-8-19-20(15-18)31-14-13-30-19/h3-8,15,24H,1-2,9-14H2,(H,23,27). The van der Waals surface area contributed by atoms with Crippen LogP contribution in [0.5, 0.6) is 11.5 Å². The minimum absolute atomic E-state index is 0.0474. The van der Waals surface area contributed by atoms with Crippen molar-refractivity contribution in [1.29, 1.82) is 0 Å². The van der Waals surface area contributed by atoms with Crippen LogP contribution in [0.3, 0.4) is 0 Å². The van der Waals surface area contributed by atoms with E-state index in [1.54, 1.807) is 6.07 Å². The van der Waals surface area contributed by atoms with E-state index < -0.39 is 10.0 Å². The van der Waals surface area contributed by atoms with Crippen LogP contribution in [0.15, 0.2) is 47.4 Å². The summed E-state index contributed by atoms with van der Waals surface area (Å²) in [5, 5.41) is 2.73. The quantitative estimate of drug-likeness (QED) is 0.655. The van der Waals surface area contributed by atoms with E-state index in [0.717, 1.165) is 25.9 Å². The summed E-state index contributed by atoms with van der Waals surface area (Å²) >= 11 is 0. The van der Waals surface area contributed by atoms with Crippen molar-refractivity contribution in [1.82, 2.24) is 10.2 Å². The third-order valence-electron chi connectivity index (χ3n) is 5.31. The normalized spacial score (nSPS) is 15.3. The molecule has 0 unspecified atom stereocenters. The lowest BCUT2D eigenvalue weighted by Gasteiger charge is -2.19. The molecule has 10 heteroatoms. The Labute approximate surface area is 186 Å². The van der Waals surface area contributed by atoms with Gasteiger partial charge >= 0.3 is 0 Å². The number of nitrogens with one attached hydrogen (secondary N) is 2. The summed E-state index contributed by atoms with van der Waals surface area (Å²) in [6.07, 6.45) is 2.32. The third kappa shape index (κ3) is 5.13. The molecule has 170 valence electrons. The minimum atomic E-state index is -3.84. The molecule has 9 nitrogen and oxygen atoms in total. The minimum Gasteiger partial charge on any atom is -0.486 e. The number of benzene rings is 2. The van der Waals surface area contributed by atoms with Gasteiger partial charge in [0.05, 0.1) is 4.90 Å². The molecule has 2 aliphatic rings. The Kier molecular flexibility index (Phi) is 6.50. The Bertz CT molecular complexity index is 1100. The summed E-state index contributed by atoms with van der Waals surface area (Å²) in [6.45, 7) is 2.62. The number of nitrogens with zero attached hydrogens (tertiary/aromatic N) is 1. The first kappa shape index (κ1) is 21.9. The molecular weight excluding hydrogens is 434 g/mol. The zero-order valence-electron chi connectivity index (χ0n) is 17.5. The zero-order chi connectivity index (χ0) is 22.6. The van der Waals surface area contributed by atoms with Gasteiger partial charge in [-0.05, 0) is 49.2 Å². The van der Waals surface area contributed by atoms with Crippen LogP contribution in [0.1, 0.15) is 29.6 Å². The van der Waals surface area contributed by atoms with Crippen LogP contribution in [-0.4, -0.2) is 58.0 Å². The SMILES string of the molecule is O=C(NCCC(=O)N1CCCC1)c1ccc(NS(=O)(=O)c2ccc3c(c2)OCCO3)cc1. The molecular formula is C22H25N3O6S. The summed E-state index contributed by atoms with van der Waals surface area (Å²) in [5.41, 5.74) is 0.696. The van der Waals surface area contributed by atoms with Crippen LogP contribution in [-0.2, 0) is 14.8 Å². The van der Waals surface area contributed by atoms with Gasteiger partial charge in [0, 0.05) is 43.4 Å². The van der Waals surface area contributed by atoms with E-state index in [1.165, 1.54) is 36.4 Å². The fraction of sp³-hybridized carbons (Fsp3) is 0.364. The fourth-order valence-electron chi connectivity index (χ4n) is 3.60. The van der Waals surface area contributed by atoms with Crippen LogP contribution in [0.4, 0.5) is 5.69 Å². The number of carbonyl (C=O) groups is 2. The molecule has 1 fully saturated rings. The van der Waals surface area contributed by atoms with Gasteiger partial charge < -0.3 is 19.7 Å². The van der Waals surface area contributed by atoms with Crippen LogP contribution >= 0.6 is 0 Å². The first-order chi connectivity index (χ1) is 15.4. The van der Waals surface area contributed by atoms with Crippen LogP contribution in [0.2, 0.25) is 0 Å². The van der Waals surface area contributed by atoms with Gasteiger partial charge in [-0.1, -0.05) is 0 Å². The molecule has 2 aliphatic heterocycles. The molecule has 0 atom stereocenters. The van der Waals surface area contributed by atoms with Gasteiger partial charge in [0.25, 0.3) is 15.9 Å². The summed E-state index contributed by atoms with van der Waals surface area (Å²) < 4.78 is 38.7. The van der Waals surface area contributed by atoms with Gasteiger partial charge in [0.2, 0.25) is 5.91 Å². The summed E-state index contributed by atoms with van der Waals surface area (Å²) in [4.78, 5) is 26.2. The van der Waals surface area contributed by atoms with E-state index in [1.807, 2.05) is 4.90 Å². The largest absolute Gasteiger partial charge is 0.486 e. The molecule has 0 saturated carbocycles. The van der Waals surface area contributed by atoms with Gasteiger partial charge in [0.15, 0.2) is 11.5 Å². The number of ether oxygens (including phenoxy) is 2. The summed E-state index contributed by atoms with van der Waals surface area (Å²) in [5.74, 6) is 0.620. The lowest BCUT2D eigenvalue weighted by atomic mass is 10.2. The Morgan fingerprint density at radius 3 is 2.34 bits per heavy atom. The lowest BCUT2D eigenvalue weighted by Crippen LogP contribution is -2.32. The summed E-state index contributed by atoms with van der Waals surface area (Å²) in [6, 6.07) is 10.5. The number of fused-ring (bicyclic) bond motifs is 1. The van der Waals surface area contributed by atoms with E-state index in [2.05, 4.69) is 10.0 Å². The van der Waals surface area contributed by atoms with E-state index in [4.69, 9.17) is 9.47 Å². The molecule has 0 aliphatic carbocycles. The topological polar surface area (TPSA) is 114 Å². The Balaban J connectivity index is 1.32. The van der Waals surface area contributed by atoms with Crippen LogP contribution in [0.25, 0.3) is 0 Å². The van der Waals surface area contributed by atoms with Gasteiger partial charge in [-0.15, -0.1) is 0 Å². The highest BCUT2D eigenvalue weighted by atomic mass is 32.2. The number of sulfonamides is 1. The van der Waals surface area contributed by atoms with Gasteiger partial charge in [-0.3, -0.25) is 14.3 Å². The number of anilines is 1. The number of carbonyl (C=O) groups excluding carboxylic acids is 2. The molecule has 0 aromatic heterocycles. The van der Waals surface area contributed by atoms with Gasteiger partial charge in [-0.25, -0.2) is 8.42 Å². The molecule has 0 bridgehead atoms. The van der Waals surface area contributed by atoms with Crippen molar-refractivity contribution in [3.8, 4) is 11.5 Å². The molecule has 1 saturated heterocycles. The smallest absolute Gasteiger partial charge is 0.262 e. The van der Waals surface area contributed by atoms with Crippen LogP contribution < -0.4 is 19.5 Å². The zero-order valence-corrected chi connectivity index (χ0v) is 18.3. The second-order valence-corrected chi connectivity index (χ2v) is 9.26. The number of amides is 2. The molecule has 32 heavy (non-hydrogen) atoms. The third-order valence-corrected chi connectivity index (χ3v) is 6.69.